The summed E-state index contributed by atoms with van der Waals surface area (Å²) in [5, 5.41) is 4.24. The largest absolute Gasteiger partial charge is 0.388 e. The molecule has 0 radical (unpaired) electrons. The number of aromatic nitrogens is 4. The van der Waals surface area contributed by atoms with E-state index in [1.807, 2.05) is 26.0 Å². The standard InChI is InChI=1S/C10H11N5S/c1-6-12-7(2)15(14-6)9-5-3-4-8(13-9)10(11)16/h3-5H,1-2H3,(H2,11,16). The number of pyridine rings is 1. The molecule has 2 aromatic heterocycles. The van der Waals surface area contributed by atoms with E-state index in [1.54, 1.807) is 10.7 Å². The molecule has 5 nitrogen and oxygen atoms in total. The van der Waals surface area contributed by atoms with Crippen molar-refractivity contribution in [3.05, 3.63) is 35.5 Å². The molecule has 6 heteroatoms. The van der Waals surface area contributed by atoms with Crippen molar-refractivity contribution >= 4 is 17.2 Å². The zero-order valence-corrected chi connectivity index (χ0v) is 9.82. The average Bonchev–Trinajstić information content (AvgIpc) is 2.58. The molecule has 0 fully saturated rings. The van der Waals surface area contributed by atoms with Crippen molar-refractivity contribution in [2.45, 2.75) is 13.8 Å². The van der Waals surface area contributed by atoms with Gasteiger partial charge in [-0.1, -0.05) is 18.3 Å². The highest BCUT2D eigenvalue weighted by molar-refractivity contribution is 7.80. The molecule has 2 heterocycles. The van der Waals surface area contributed by atoms with E-state index in [9.17, 15) is 0 Å². The van der Waals surface area contributed by atoms with Crippen LogP contribution < -0.4 is 5.73 Å². The van der Waals surface area contributed by atoms with E-state index in [2.05, 4.69) is 15.1 Å². The Labute approximate surface area is 98.3 Å². The normalized spacial score (nSPS) is 10.4. The molecule has 2 N–H and O–H groups in total. The van der Waals surface area contributed by atoms with Gasteiger partial charge in [0.05, 0.1) is 5.69 Å². The second-order valence-electron chi connectivity index (χ2n) is 3.36. The lowest BCUT2D eigenvalue weighted by atomic mass is 10.3. The van der Waals surface area contributed by atoms with Crippen LogP contribution in [0, 0.1) is 13.8 Å². The second-order valence-corrected chi connectivity index (χ2v) is 3.80. The highest BCUT2D eigenvalue weighted by Crippen LogP contribution is 2.07. The summed E-state index contributed by atoms with van der Waals surface area (Å²) in [7, 11) is 0. The highest BCUT2D eigenvalue weighted by atomic mass is 32.1. The van der Waals surface area contributed by atoms with E-state index >= 15 is 0 Å². The lowest BCUT2D eigenvalue weighted by Gasteiger charge is -2.03. The van der Waals surface area contributed by atoms with Crippen molar-refractivity contribution in [3.63, 3.8) is 0 Å². The first-order valence-corrected chi connectivity index (χ1v) is 5.16. The molecule has 0 saturated carbocycles. The Bertz CT molecular complexity index is 546. The second kappa shape index (κ2) is 3.97. The molecule has 2 aromatic rings. The minimum Gasteiger partial charge on any atom is -0.388 e. The van der Waals surface area contributed by atoms with Crippen molar-refractivity contribution in [2.75, 3.05) is 0 Å². The van der Waals surface area contributed by atoms with E-state index in [1.165, 1.54) is 0 Å². The van der Waals surface area contributed by atoms with Gasteiger partial charge in [-0.25, -0.2) is 9.97 Å². The third kappa shape index (κ3) is 1.92. The number of hydrogen-bond donors (Lipinski definition) is 1. The van der Waals surface area contributed by atoms with Crippen LogP contribution in [0.4, 0.5) is 0 Å². The molecule has 0 aliphatic heterocycles. The summed E-state index contributed by atoms with van der Waals surface area (Å²) in [6.07, 6.45) is 0. The minimum absolute atomic E-state index is 0.274. The molecule has 0 aliphatic rings. The number of nitrogens with two attached hydrogens (primary N) is 1. The quantitative estimate of drug-likeness (QED) is 0.781. The summed E-state index contributed by atoms with van der Waals surface area (Å²) in [5.41, 5.74) is 6.11. The maximum absolute atomic E-state index is 5.53. The minimum atomic E-state index is 0.274. The molecule has 0 bridgehead atoms. The molecule has 0 aliphatic carbocycles. The maximum Gasteiger partial charge on any atom is 0.156 e. The molecule has 2 rings (SSSR count). The number of rotatable bonds is 2. The van der Waals surface area contributed by atoms with Crippen LogP contribution in [0.5, 0.6) is 0 Å². The fraction of sp³-hybridized carbons (Fsp3) is 0.200. The van der Waals surface area contributed by atoms with Crippen molar-refractivity contribution in [1.82, 2.24) is 19.7 Å². The molecule has 0 atom stereocenters. The van der Waals surface area contributed by atoms with Crippen LogP contribution >= 0.6 is 12.2 Å². The van der Waals surface area contributed by atoms with Gasteiger partial charge in [0, 0.05) is 0 Å². The van der Waals surface area contributed by atoms with Crippen LogP contribution in [-0.2, 0) is 0 Å². The number of thiocarbonyl (C=S) groups is 1. The zero-order valence-electron chi connectivity index (χ0n) is 9.01. The molecule has 0 spiro atoms. The Hall–Kier alpha value is -1.82. The summed E-state index contributed by atoms with van der Waals surface area (Å²) >= 11 is 4.88. The Morgan fingerprint density at radius 3 is 2.62 bits per heavy atom. The summed E-state index contributed by atoms with van der Waals surface area (Å²) in [6.45, 7) is 3.70. The SMILES string of the molecule is Cc1nc(C)n(-c2cccc(C(N)=S)n2)n1. The van der Waals surface area contributed by atoms with Crippen LogP contribution in [0.3, 0.4) is 0 Å². The summed E-state index contributed by atoms with van der Waals surface area (Å²) in [6, 6.07) is 5.45. The number of hydrogen-bond acceptors (Lipinski definition) is 4. The first-order valence-electron chi connectivity index (χ1n) is 4.75. The lowest BCUT2D eigenvalue weighted by Crippen LogP contribution is -2.13. The molecular formula is C10H11N5S. The summed E-state index contributed by atoms with van der Waals surface area (Å²) in [4.78, 5) is 8.80. The Morgan fingerprint density at radius 1 is 1.31 bits per heavy atom. The van der Waals surface area contributed by atoms with Crippen molar-refractivity contribution in [2.24, 2.45) is 5.73 Å². The highest BCUT2D eigenvalue weighted by Gasteiger charge is 2.07. The van der Waals surface area contributed by atoms with Gasteiger partial charge in [0.2, 0.25) is 0 Å². The van der Waals surface area contributed by atoms with Crippen LogP contribution in [0.25, 0.3) is 5.82 Å². The van der Waals surface area contributed by atoms with E-state index in [0.29, 0.717) is 17.3 Å². The molecule has 0 unspecified atom stereocenters. The average molecular weight is 233 g/mol. The monoisotopic (exact) mass is 233 g/mol. The molecule has 0 aromatic carbocycles. The predicted molar refractivity (Wildman–Crippen MR) is 64.5 cm³/mol. The van der Waals surface area contributed by atoms with E-state index in [4.69, 9.17) is 18.0 Å². The fourth-order valence-electron chi connectivity index (χ4n) is 1.42. The third-order valence-electron chi connectivity index (χ3n) is 2.08. The first kappa shape index (κ1) is 10.7. The van der Waals surface area contributed by atoms with Crippen molar-refractivity contribution < 1.29 is 0 Å². The smallest absolute Gasteiger partial charge is 0.156 e. The van der Waals surface area contributed by atoms with Crippen LogP contribution in [0.2, 0.25) is 0 Å². The van der Waals surface area contributed by atoms with Gasteiger partial charge in [0.1, 0.15) is 16.6 Å². The Balaban J connectivity index is 2.52. The molecule has 16 heavy (non-hydrogen) atoms. The molecular weight excluding hydrogens is 222 g/mol. The maximum atomic E-state index is 5.53. The predicted octanol–water partition coefficient (Wildman–Crippen LogP) is 0.913. The van der Waals surface area contributed by atoms with Crippen molar-refractivity contribution in [3.8, 4) is 5.82 Å². The van der Waals surface area contributed by atoms with Gasteiger partial charge >= 0.3 is 0 Å². The Kier molecular flexibility index (Phi) is 2.66. The molecule has 0 saturated heterocycles. The fourth-order valence-corrected chi connectivity index (χ4v) is 1.53. The van der Waals surface area contributed by atoms with Gasteiger partial charge in [-0.3, -0.25) is 0 Å². The van der Waals surface area contributed by atoms with Crippen LogP contribution in [-0.4, -0.2) is 24.7 Å². The Morgan fingerprint density at radius 2 is 2.06 bits per heavy atom. The summed E-state index contributed by atoms with van der Waals surface area (Å²) < 4.78 is 1.66. The molecule has 82 valence electrons. The topological polar surface area (TPSA) is 69.6 Å². The van der Waals surface area contributed by atoms with Gasteiger partial charge in [0.15, 0.2) is 5.82 Å². The number of nitrogens with zero attached hydrogens (tertiary/aromatic N) is 4. The van der Waals surface area contributed by atoms with E-state index in [0.717, 1.165) is 5.82 Å². The first-order chi connectivity index (χ1) is 7.58. The van der Waals surface area contributed by atoms with Gasteiger partial charge < -0.3 is 5.73 Å². The molecule has 0 amide bonds. The van der Waals surface area contributed by atoms with Gasteiger partial charge in [-0.15, -0.1) is 5.10 Å². The van der Waals surface area contributed by atoms with Crippen LogP contribution in [0.15, 0.2) is 18.2 Å². The lowest BCUT2D eigenvalue weighted by molar-refractivity contribution is 0.802. The number of aryl methyl sites for hydroxylation is 2. The van der Waals surface area contributed by atoms with E-state index in [-0.39, 0.29) is 4.99 Å². The summed E-state index contributed by atoms with van der Waals surface area (Å²) in [5.74, 6) is 2.16. The van der Waals surface area contributed by atoms with Crippen LogP contribution in [0.1, 0.15) is 17.3 Å². The van der Waals surface area contributed by atoms with Gasteiger partial charge in [-0.2, -0.15) is 4.68 Å². The van der Waals surface area contributed by atoms with E-state index < -0.39 is 0 Å². The van der Waals surface area contributed by atoms with Crippen molar-refractivity contribution in [1.29, 1.82) is 0 Å². The third-order valence-corrected chi connectivity index (χ3v) is 2.29. The zero-order chi connectivity index (χ0) is 11.7. The van der Waals surface area contributed by atoms with Gasteiger partial charge in [-0.05, 0) is 26.0 Å². The van der Waals surface area contributed by atoms with Gasteiger partial charge in [0.25, 0.3) is 0 Å².